The number of hydrogen-bond donors (Lipinski definition) is 0. The van der Waals surface area contributed by atoms with Crippen LogP contribution in [0.15, 0.2) is 18.2 Å². The molecule has 0 N–H and O–H groups in total. The van der Waals surface area contributed by atoms with Gasteiger partial charge in [-0.2, -0.15) is 0 Å². The van der Waals surface area contributed by atoms with Gasteiger partial charge in [0.15, 0.2) is 6.29 Å². The van der Waals surface area contributed by atoms with Gasteiger partial charge in [-0.25, -0.2) is 0 Å². The van der Waals surface area contributed by atoms with E-state index in [1.54, 1.807) is 5.56 Å². The van der Waals surface area contributed by atoms with Crippen molar-refractivity contribution in [3.05, 3.63) is 34.9 Å². The summed E-state index contributed by atoms with van der Waals surface area (Å²) in [4.78, 5) is 0. The first-order valence-corrected chi connectivity index (χ1v) is 9.85. The molecule has 2 fully saturated rings. The van der Waals surface area contributed by atoms with Crippen molar-refractivity contribution in [1.29, 1.82) is 0 Å². The zero-order valence-corrected chi connectivity index (χ0v) is 15.9. The third-order valence-electron chi connectivity index (χ3n) is 6.43. The molecule has 2 aliphatic rings. The van der Waals surface area contributed by atoms with Crippen LogP contribution in [0.5, 0.6) is 0 Å². The maximum Gasteiger partial charge on any atom is 0.158 e. The van der Waals surface area contributed by atoms with Crippen LogP contribution in [0.25, 0.3) is 0 Å². The monoisotopic (exact) mass is 330 g/mol. The number of aryl methyl sites for hydroxylation is 1. The van der Waals surface area contributed by atoms with Crippen LogP contribution >= 0.6 is 0 Å². The fraction of sp³-hybridized carbons (Fsp3) is 0.727. The van der Waals surface area contributed by atoms with Crippen molar-refractivity contribution in [2.24, 2.45) is 17.8 Å². The molecule has 0 aromatic heterocycles. The Morgan fingerprint density at radius 3 is 2.42 bits per heavy atom. The summed E-state index contributed by atoms with van der Waals surface area (Å²) in [5, 5.41) is 0. The van der Waals surface area contributed by atoms with E-state index in [2.05, 4.69) is 45.9 Å². The number of ether oxygens (including phenoxy) is 2. The van der Waals surface area contributed by atoms with E-state index in [4.69, 9.17) is 9.47 Å². The van der Waals surface area contributed by atoms with Crippen LogP contribution in [-0.4, -0.2) is 19.0 Å². The van der Waals surface area contributed by atoms with Gasteiger partial charge < -0.3 is 9.47 Å². The lowest BCUT2D eigenvalue weighted by Gasteiger charge is -2.36. The van der Waals surface area contributed by atoms with Gasteiger partial charge >= 0.3 is 0 Å². The minimum atomic E-state index is 0.0387. The summed E-state index contributed by atoms with van der Waals surface area (Å²) in [5.41, 5.74) is 4.48. The molecular formula is C22H34O2. The average Bonchev–Trinajstić information content (AvgIpc) is 2.57. The van der Waals surface area contributed by atoms with Crippen molar-refractivity contribution in [3.63, 3.8) is 0 Å². The minimum Gasteiger partial charge on any atom is -0.352 e. The maximum atomic E-state index is 6.03. The molecule has 2 heteroatoms. The average molecular weight is 331 g/mol. The van der Waals surface area contributed by atoms with E-state index in [1.165, 1.54) is 43.2 Å². The number of benzene rings is 1. The Balaban J connectivity index is 1.45. The summed E-state index contributed by atoms with van der Waals surface area (Å²) in [7, 11) is 0. The molecule has 134 valence electrons. The molecule has 3 unspecified atom stereocenters. The third kappa shape index (κ3) is 4.40. The van der Waals surface area contributed by atoms with Crippen molar-refractivity contribution in [2.75, 3.05) is 6.61 Å². The Kier molecular flexibility index (Phi) is 5.99. The predicted octanol–water partition coefficient (Wildman–Crippen LogP) is 5.44. The van der Waals surface area contributed by atoms with Gasteiger partial charge in [0, 0.05) is 12.3 Å². The highest BCUT2D eigenvalue weighted by Crippen LogP contribution is 2.35. The molecule has 1 saturated carbocycles. The Morgan fingerprint density at radius 1 is 1.00 bits per heavy atom. The van der Waals surface area contributed by atoms with E-state index >= 15 is 0 Å². The summed E-state index contributed by atoms with van der Waals surface area (Å²) in [6.45, 7) is 9.74. The summed E-state index contributed by atoms with van der Waals surface area (Å²) >= 11 is 0. The smallest absolute Gasteiger partial charge is 0.158 e. The Morgan fingerprint density at radius 2 is 1.71 bits per heavy atom. The molecule has 2 nitrogen and oxygen atoms in total. The van der Waals surface area contributed by atoms with Gasteiger partial charge in [0.2, 0.25) is 0 Å². The van der Waals surface area contributed by atoms with E-state index < -0.39 is 0 Å². The summed E-state index contributed by atoms with van der Waals surface area (Å²) in [6, 6.07) is 6.76. The van der Waals surface area contributed by atoms with Crippen molar-refractivity contribution in [1.82, 2.24) is 0 Å². The Labute approximate surface area is 147 Å². The van der Waals surface area contributed by atoms with Crippen LogP contribution in [0.2, 0.25) is 0 Å². The Bertz CT molecular complexity index is 531. The molecule has 1 aromatic carbocycles. The van der Waals surface area contributed by atoms with Crippen LogP contribution in [0.1, 0.15) is 62.6 Å². The highest BCUT2D eigenvalue weighted by atomic mass is 16.7. The fourth-order valence-electron chi connectivity index (χ4n) is 4.22. The number of hydrogen-bond acceptors (Lipinski definition) is 2. The Hall–Kier alpha value is -0.860. The van der Waals surface area contributed by atoms with Crippen LogP contribution in [0, 0.1) is 31.6 Å². The summed E-state index contributed by atoms with van der Waals surface area (Å²) < 4.78 is 11.9. The van der Waals surface area contributed by atoms with Crippen LogP contribution in [0.4, 0.5) is 0 Å². The molecule has 1 aliphatic carbocycles. The molecule has 3 rings (SSSR count). The van der Waals surface area contributed by atoms with Crippen LogP contribution in [-0.2, 0) is 15.9 Å². The third-order valence-corrected chi connectivity index (χ3v) is 6.43. The zero-order chi connectivity index (χ0) is 17.1. The first-order chi connectivity index (χ1) is 11.5. The van der Waals surface area contributed by atoms with Gasteiger partial charge in [0.05, 0.1) is 12.7 Å². The van der Waals surface area contributed by atoms with Gasteiger partial charge in [-0.05, 0) is 81.4 Å². The van der Waals surface area contributed by atoms with Gasteiger partial charge in [0.25, 0.3) is 0 Å². The molecule has 1 aromatic rings. The second-order valence-electron chi connectivity index (χ2n) is 8.27. The zero-order valence-electron chi connectivity index (χ0n) is 15.9. The predicted molar refractivity (Wildman–Crippen MR) is 99.1 cm³/mol. The van der Waals surface area contributed by atoms with E-state index in [0.717, 1.165) is 24.9 Å². The molecule has 0 bridgehead atoms. The molecule has 1 saturated heterocycles. The van der Waals surface area contributed by atoms with E-state index in [1.807, 2.05) is 0 Å². The van der Waals surface area contributed by atoms with Crippen molar-refractivity contribution < 1.29 is 9.47 Å². The topological polar surface area (TPSA) is 18.5 Å². The molecule has 0 radical (unpaired) electrons. The van der Waals surface area contributed by atoms with Crippen LogP contribution in [0.3, 0.4) is 0 Å². The quantitative estimate of drug-likeness (QED) is 0.732. The van der Waals surface area contributed by atoms with Gasteiger partial charge in [-0.1, -0.05) is 25.1 Å². The van der Waals surface area contributed by atoms with Gasteiger partial charge in [0.1, 0.15) is 0 Å². The largest absolute Gasteiger partial charge is 0.352 e. The normalized spacial score (nSPS) is 34.2. The standard InChI is InChI=1S/C22H34O2/c1-15-6-5-7-21(17(15)3)12-19-8-10-20(11-9-19)13-22-23-14-16(2)18(4)24-22/h5-7,16,18-20,22H,8-14H2,1-4H3. The molecule has 1 heterocycles. The number of rotatable bonds is 4. The SMILES string of the molecule is Cc1cccc(CC2CCC(CC3OCC(C)C(C)O3)CC2)c1C. The van der Waals surface area contributed by atoms with Crippen molar-refractivity contribution in [3.8, 4) is 0 Å². The molecule has 24 heavy (non-hydrogen) atoms. The lowest BCUT2D eigenvalue weighted by Crippen LogP contribution is -2.38. The van der Waals surface area contributed by atoms with Gasteiger partial charge in [-0.3, -0.25) is 0 Å². The molecule has 1 aliphatic heterocycles. The van der Waals surface area contributed by atoms with Crippen molar-refractivity contribution in [2.45, 2.75) is 78.6 Å². The second kappa shape index (κ2) is 8.01. The first-order valence-electron chi connectivity index (χ1n) is 9.85. The highest BCUT2D eigenvalue weighted by molar-refractivity contribution is 5.33. The first kappa shape index (κ1) is 17.9. The van der Waals surface area contributed by atoms with E-state index in [0.29, 0.717) is 12.0 Å². The fourth-order valence-corrected chi connectivity index (χ4v) is 4.22. The van der Waals surface area contributed by atoms with E-state index in [-0.39, 0.29) is 6.29 Å². The molecule has 0 amide bonds. The van der Waals surface area contributed by atoms with Crippen molar-refractivity contribution >= 4 is 0 Å². The van der Waals surface area contributed by atoms with Gasteiger partial charge in [-0.15, -0.1) is 0 Å². The molecular weight excluding hydrogens is 296 g/mol. The summed E-state index contributed by atoms with van der Waals surface area (Å²) in [6.07, 6.45) is 8.11. The summed E-state index contributed by atoms with van der Waals surface area (Å²) in [5.74, 6) is 2.16. The molecule has 3 atom stereocenters. The highest BCUT2D eigenvalue weighted by Gasteiger charge is 2.30. The maximum absolute atomic E-state index is 6.03. The lowest BCUT2D eigenvalue weighted by atomic mass is 9.77. The van der Waals surface area contributed by atoms with Crippen LogP contribution < -0.4 is 0 Å². The lowest BCUT2D eigenvalue weighted by molar-refractivity contribution is -0.235. The molecule has 0 spiro atoms. The minimum absolute atomic E-state index is 0.0387. The van der Waals surface area contributed by atoms with E-state index in [9.17, 15) is 0 Å². The second-order valence-corrected chi connectivity index (χ2v) is 8.27.